The van der Waals surface area contributed by atoms with Gasteiger partial charge in [-0.25, -0.2) is 10.9 Å². The Morgan fingerprint density at radius 2 is 2.20 bits per heavy atom. The average Bonchev–Trinajstić information content (AvgIpc) is 2.82. The van der Waals surface area contributed by atoms with E-state index >= 15 is 0 Å². The van der Waals surface area contributed by atoms with Crippen LogP contribution < -0.4 is 10.9 Å². The zero-order chi connectivity index (χ0) is 10.7. The maximum Gasteiger partial charge on any atom is 0.212 e. The van der Waals surface area contributed by atoms with E-state index < -0.39 is 0 Å². The topological polar surface area (TPSA) is 44.9 Å². The van der Waals surface area contributed by atoms with Gasteiger partial charge in [0.1, 0.15) is 0 Å². The van der Waals surface area contributed by atoms with Crippen molar-refractivity contribution in [2.45, 2.75) is 0 Å². The molecule has 0 saturated heterocycles. The predicted molar refractivity (Wildman–Crippen MR) is 68.5 cm³/mol. The SMILES string of the molecule is NN(C(=S)N1CSC=N1)c1ccccc1. The molecule has 0 bridgehead atoms. The molecule has 0 radical (unpaired) electrons. The van der Waals surface area contributed by atoms with Crippen molar-refractivity contribution < 1.29 is 0 Å². The molecule has 0 fully saturated rings. The van der Waals surface area contributed by atoms with E-state index in [1.54, 1.807) is 22.3 Å². The lowest BCUT2D eigenvalue weighted by Gasteiger charge is -2.23. The lowest BCUT2D eigenvalue weighted by atomic mass is 10.3. The summed E-state index contributed by atoms with van der Waals surface area (Å²) >= 11 is 6.81. The normalized spacial score (nSPS) is 14.3. The van der Waals surface area contributed by atoms with Crippen molar-refractivity contribution in [1.82, 2.24) is 5.01 Å². The van der Waals surface area contributed by atoms with Crippen LogP contribution in [0.4, 0.5) is 5.69 Å². The van der Waals surface area contributed by atoms with Crippen LogP contribution >= 0.6 is 24.0 Å². The molecule has 0 atom stereocenters. The second-order valence-electron chi connectivity index (χ2n) is 2.90. The van der Waals surface area contributed by atoms with Gasteiger partial charge in [0.05, 0.1) is 17.1 Å². The fourth-order valence-electron chi connectivity index (χ4n) is 1.16. The number of rotatable bonds is 1. The van der Waals surface area contributed by atoms with Crippen LogP contribution in [0.5, 0.6) is 0 Å². The van der Waals surface area contributed by atoms with E-state index in [1.807, 2.05) is 30.3 Å². The number of thioether (sulfide) groups is 1. The summed E-state index contributed by atoms with van der Waals surface area (Å²) < 4.78 is 0. The number of anilines is 1. The summed E-state index contributed by atoms with van der Waals surface area (Å²) in [6.07, 6.45) is 0. The molecule has 0 aliphatic carbocycles. The summed E-state index contributed by atoms with van der Waals surface area (Å²) in [7, 11) is 0. The molecule has 0 amide bonds. The largest absolute Gasteiger partial charge is 0.253 e. The van der Waals surface area contributed by atoms with Gasteiger partial charge in [0.25, 0.3) is 0 Å². The number of hydrazone groups is 1. The first kappa shape index (κ1) is 10.4. The number of nitrogens with zero attached hydrogens (tertiary/aromatic N) is 3. The van der Waals surface area contributed by atoms with Gasteiger partial charge < -0.3 is 0 Å². The Hall–Kier alpha value is -1.11. The van der Waals surface area contributed by atoms with Crippen LogP contribution in [-0.4, -0.2) is 21.5 Å². The molecule has 1 aromatic carbocycles. The Balaban J connectivity index is 2.11. The highest BCUT2D eigenvalue weighted by Crippen LogP contribution is 2.16. The number of hydrogen-bond acceptors (Lipinski definition) is 4. The maximum atomic E-state index is 5.89. The van der Waals surface area contributed by atoms with Crippen LogP contribution in [0.25, 0.3) is 0 Å². The lowest BCUT2D eigenvalue weighted by molar-refractivity contribution is 0.535. The Kier molecular flexibility index (Phi) is 3.20. The second kappa shape index (κ2) is 4.61. The fraction of sp³-hybridized carbons (Fsp3) is 0.111. The molecular formula is C9H10N4S2. The molecule has 1 aliphatic rings. The molecule has 0 spiro atoms. The molecule has 1 heterocycles. The van der Waals surface area contributed by atoms with E-state index in [4.69, 9.17) is 18.1 Å². The minimum absolute atomic E-state index is 0.502. The van der Waals surface area contributed by atoms with Gasteiger partial charge in [-0.05, 0) is 24.4 Å². The van der Waals surface area contributed by atoms with Crippen LogP contribution in [0.15, 0.2) is 35.4 Å². The van der Waals surface area contributed by atoms with Crippen LogP contribution in [0.1, 0.15) is 0 Å². The van der Waals surface area contributed by atoms with E-state index in [2.05, 4.69) is 5.10 Å². The summed E-state index contributed by atoms with van der Waals surface area (Å²) in [5, 5.41) is 7.74. The van der Waals surface area contributed by atoms with Crippen LogP contribution in [-0.2, 0) is 0 Å². The smallest absolute Gasteiger partial charge is 0.212 e. The second-order valence-corrected chi connectivity index (χ2v) is 4.07. The molecule has 6 heteroatoms. The standard InChI is InChI=1S/C9H10N4S2/c10-13(8-4-2-1-3-5-8)9(14)12-7-15-6-11-12/h1-6H,7,10H2. The van der Waals surface area contributed by atoms with Crippen molar-refractivity contribution >= 4 is 40.3 Å². The van der Waals surface area contributed by atoms with Crippen molar-refractivity contribution in [2.24, 2.45) is 10.9 Å². The predicted octanol–water partition coefficient (Wildman–Crippen LogP) is 1.60. The molecule has 4 nitrogen and oxygen atoms in total. The third-order valence-electron chi connectivity index (χ3n) is 1.92. The number of nitrogens with two attached hydrogens (primary N) is 1. The molecule has 78 valence electrons. The van der Waals surface area contributed by atoms with Crippen molar-refractivity contribution in [3.05, 3.63) is 30.3 Å². The van der Waals surface area contributed by atoms with E-state index in [9.17, 15) is 0 Å². The van der Waals surface area contributed by atoms with Crippen LogP contribution in [0, 0.1) is 0 Å². The first-order chi connectivity index (χ1) is 7.29. The molecule has 0 saturated carbocycles. The zero-order valence-electron chi connectivity index (χ0n) is 7.91. The van der Waals surface area contributed by atoms with Gasteiger partial charge in [-0.3, -0.25) is 5.01 Å². The third kappa shape index (κ3) is 2.28. The summed E-state index contributed by atoms with van der Waals surface area (Å²) in [5.41, 5.74) is 2.61. The highest BCUT2D eigenvalue weighted by molar-refractivity contribution is 8.12. The van der Waals surface area contributed by atoms with Crippen LogP contribution in [0.2, 0.25) is 0 Å². The minimum atomic E-state index is 0.502. The summed E-state index contributed by atoms with van der Waals surface area (Å²) in [5.74, 6) is 6.61. The van der Waals surface area contributed by atoms with Crippen molar-refractivity contribution in [1.29, 1.82) is 0 Å². The zero-order valence-corrected chi connectivity index (χ0v) is 9.54. The molecular weight excluding hydrogens is 228 g/mol. The van der Waals surface area contributed by atoms with Gasteiger partial charge in [-0.1, -0.05) is 30.0 Å². The Labute approximate surface area is 97.7 Å². The maximum absolute atomic E-state index is 5.89. The van der Waals surface area contributed by atoms with Crippen LogP contribution in [0.3, 0.4) is 0 Å². The highest BCUT2D eigenvalue weighted by Gasteiger charge is 2.17. The van der Waals surface area contributed by atoms with Gasteiger partial charge in [0.2, 0.25) is 5.11 Å². The minimum Gasteiger partial charge on any atom is -0.253 e. The quantitative estimate of drug-likeness (QED) is 0.457. The van der Waals surface area contributed by atoms with Gasteiger partial charge in [0.15, 0.2) is 0 Å². The van der Waals surface area contributed by atoms with Gasteiger partial charge in [-0.15, -0.1) is 0 Å². The van der Waals surface area contributed by atoms with Gasteiger partial charge >= 0.3 is 0 Å². The Morgan fingerprint density at radius 1 is 1.47 bits per heavy atom. The molecule has 1 aromatic rings. The van der Waals surface area contributed by atoms with E-state index in [-0.39, 0.29) is 0 Å². The fourth-order valence-corrected chi connectivity index (χ4v) is 2.03. The molecule has 1 aliphatic heterocycles. The van der Waals surface area contributed by atoms with Crippen molar-refractivity contribution in [3.63, 3.8) is 0 Å². The molecule has 0 aromatic heterocycles. The monoisotopic (exact) mass is 238 g/mol. The van der Waals surface area contributed by atoms with Gasteiger partial charge in [0, 0.05) is 0 Å². The molecule has 2 rings (SSSR count). The number of hydrazine groups is 1. The van der Waals surface area contributed by atoms with E-state index in [0.717, 1.165) is 11.6 Å². The Morgan fingerprint density at radius 3 is 2.80 bits per heavy atom. The van der Waals surface area contributed by atoms with E-state index in [1.165, 1.54) is 5.01 Å². The summed E-state index contributed by atoms with van der Waals surface area (Å²) in [4.78, 5) is 0. The molecule has 0 unspecified atom stereocenters. The number of thiocarbonyl (C=S) groups is 1. The first-order valence-corrected chi connectivity index (χ1v) is 5.80. The van der Waals surface area contributed by atoms with Gasteiger partial charge in [-0.2, -0.15) is 5.10 Å². The summed E-state index contributed by atoms with van der Waals surface area (Å²) in [6, 6.07) is 9.57. The van der Waals surface area contributed by atoms with E-state index in [0.29, 0.717) is 5.11 Å². The first-order valence-electron chi connectivity index (χ1n) is 4.34. The molecule has 2 N–H and O–H groups in total. The average molecular weight is 238 g/mol. The van der Waals surface area contributed by atoms with Crippen molar-refractivity contribution in [3.8, 4) is 0 Å². The van der Waals surface area contributed by atoms with Crippen molar-refractivity contribution in [2.75, 3.05) is 10.9 Å². The lowest BCUT2D eigenvalue weighted by Crippen LogP contribution is -2.44. The Bertz CT molecular complexity index is 379. The number of benzene rings is 1. The number of hydrogen-bond donors (Lipinski definition) is 1. The molecule has 15 heavy (non-hydrogen) atoms. The highest BCUT2D eigenvalue weighted by atomic mass is 32.2. The number of para-hydroxylation sites is 1. The summed E-state index contributed by atoms with van der Waals surface area (Å²) in [6.45, 7) is 0. The third-order valence-corrected chi connectivity index (χ3v) is 2.96.